The van der Waals surface area contributed by atoms with Crippen LogP contribution in [-0.4, -0.2) is 28.5 Å². The molecular formula is C19H18F2N2O2S. The van der Waals surface area contributed by atoms with Crippen LogP contribution in [0.25, 0.3) is 0 Å². The zero-order chi connectivity index (χ0) is 18.7. The first kappa shape index (κ1) is 18.4. The van der Waals surface area contributed by atoms with Crippen LogP contribution in [0.4, 0.5) is 8.78 Å². The number of carbonyl (C=O) groups is 2. The molecular weight excluding hydrogens is 358 g/mol. The molecule has 2 aromatic rings. The minimum absolute atomic E-state index is 0.131. The minimum atomic E-state index is -0.673. The van der Waals surface area contributed by atoms with E-state index in [-0.39, 0.29) is 41.1 Å². The second-order valence-corrected chi connectivity index (χ2v) is 7.10. The minimum Gasteiger partial charge on any atom is -0.350 e. The lowest BCUT2D eigenvalue weighted by Gasteiger charge is -2.29. The first-order valence-electron chi connectivity index (χ1n) is 8.16. The summed E-state index contributed by atoms with van der Waals surface area (Å²) in [6.07, 6.45) is 0. The van der Waals surface area contributed by atoms with Crippen molar-refractivity contribution < 1.29 is 18.4 Å². The van der Waals surface area contributed by atoms with Crippen molar-refractivity contribution in [2.75, 3.05) is 5.75 Å². The molecule has 2 aromatic carbocycles. The van der Waals surface area contributed by atoms with E-state index in [4.69, 9.17) is 0 Å². The van der Waals surface area contributed by atoms with Gasteiger partial charge in [0.2, 0.25) is 11.8 Å². The fourth-order valence-electron chi connectivity index (χ4n) is 2.80. The highest BCUT2D eigenvalue weighted by Crippen LogP contribution is 2.39. The molecule has 0 bridgehead atoms. The Morgan fingerprint density at radius 1 is 1.15 bits per heavy atom. The van der Waals surface area contributed by atoms with Crippen LogP contribution in [0, 0.1) is 11.6 Å². The van der Waals surface area contributed by atoms with Gasteiger partial charge >= 0.3 is 0 Å². The number of rotatable bonds is 5. The van der Waals surface area contributed by atoms with E-state index in [9.17, 15) is 18.4 Å². The van der Waals surface area contributed by atoms with Crippen LogP contribution in [0.2, 0.25) is 0 Å². The SMILES string of the molecule is CC(C(=O)NCc1ccc(F)cc1)N1C(=O)CSC1c1ccc(F)cc1. The Morgan fingerprint density at radius 3 is 2.35 bits per heavy atom. The first-order valence-corrected chi connectivity index (χ1v) is 9.21. The smallest absolute Gasteiger partial charge is 0.242 e. The Hall–Kier alpha value is -2.41. The summed E-state index contributed by atoms with van der Waals surface area (Å²) >= 11 is 1.41. The van der Waals surface area contributed by atoms with Gasteiger partial charge in [-0.15, -0.1) is 11.8 Å². The predicted octanol–water partition coefficient (Wildman–Crippen LogP) is 3.24. The molecule has 2 unspecified atom stereocenters. The highest BCUT2D eigenvalue weighted by atomic mass is 32.2. The summed E-state index contributed by atoms with van der Waals surface area (Å²) in [4.78, 5) is 26.3. The summed E-state index contributed by atoms with van der Waals surface area (Å²) in [6, 6.07) is 11.1. The number of hydrogen-bond acceptors (Lipinski definition) is 3. The maximum Gasteiger partial charge on any atom is 0.242 e. The van der Waals surface area contributed by atoms with Gasteiger partial charge in [-0.05, 0) is 42.3 Å². The highest BCUT2D eigenvalue weighted by Gasteiger charge is 2.38. The van der Waals surface area contributed by atoms with E-state index in [0.717, 1.165) is 11.1 Å². The van der Waals surface area contributed by atoms with Gasteiger partial charge in [0.15, 0.2) is 0 Å². The third-order valence-electron chi connectivity index (χ3n) is 4.24. The lowest BCUT2D eigenvalue weighted by molar-refractivity contribution is -0.137. The van der Waals surface area contributed by atoms with E-state index in [1.165, 1.54) is 40.9 Å². The summed E-state index contributed by atoms with van der Waals surface area (Å²) in [5.74, 6) is -0.835. The number of benzene rings is 2. The number of carbonyl (C=O) groups excluding carboxylic acids is 2. The maximum absolute atomic E-state index is 13.1. The summed E-state index contributed by atoms with van der Waals surface area (Å²) in [5, 5.41) is 2.45. The first-order chi connectivity index (χ1) is 12.5. The number of amides is 2. The summed E-state index contributed by atoms with van der Waals surface area (Å²) in [5.41, 5.74) is 1.55. The lowest BCUT2D eigenvalue weighted by Crippen LogP contribution is -2.46. The Labute approximate surface area is 154 Å². The van der Waals surface area contributed by atoms with Crippen LogP contribution in [-0.2, 0) is 16.1 Å². The Kier molecular flexibility index (Phi) is 5.56. The molecule has 26 heavy (non-hydrogen) atoms. The van der Waals surface area contributed by atoms with Gasteiger partial charge in [0.05, 0.1) is 5.75 Å². The highest BCUT2D eigenvalue weighted by molar-refractivity contribution is 8.00. The van der Waals surface area contributed by atoms with Crippen LogP contribution < -0.4 is 5.32 Å². The number of nitrogens with one attached hydrogen (secondary N) is 1. The van der Waals surface area contributed by atoms with Gasteiger partial charge in [0.25, 0.3) is 0 Å². The van der Waals surface area contributed by atoms with E-state index in [1.807, 2.05) is 0 Å². The normalized spacial score (nSPS) is 18.0. The number of nitrogens with zero attached hydrogens (tertiary/aromatic N) is 1. The van der Waals surface area contributed by atoms with Gasteiger partial charge in [0.1, 0.15) is 23.1 Å². The van der Waals surface area contributed by atoms with E-state index < -0.39 is 6.04 Å². The van der Waals surface area contributed by atoms with Gasteiger partial charge < -0.3 is 10.2 Å². The van der Waals surface area contributed by atoms with Crippen molar-refractivity contribution in [3.8, 4) is 0 Å². The van der Waals surface area contributed by atoms with Crippen molar-refractivity contribution in [3.63, 3.8) is 0 Å². The van der Waals surface area contributed by atoms with Gasteiger partial charge in [-0.1, -0.05) is 24.3 Å². The van der Waals surface area contributed by atoms with E-state index >= 15 is 0 Å². The molecule has 2 amide bonds. The van der Waals surface area contributed by atoms with E-state index in [2.05, 4.69) is 5.32 Å². The average molecular weight is 376 g/mol. The molecule has 1 heterocycles. The molecule has 4 nitrogen and oxygen atoms in total. The Morgan fingerprint density at radius 2 is 1.73 bits per heavy atom. The summed E-state index contributed by atoms with van der Waals surface area (Å²) < 4.78 is 26.1. The Balaban J connectivity index is 1.68. The molecule has 1 saturated heterocycles. The zero-order valence-electron chi connectivity index (χ0n) is 14.1. The fraction of sp³-hybridized carbons (Fsp3) is 0.263. The molecule has 136 valence electrons. The van der Waals surface area contributed by atoms with Crippen LogP contribution in [0.1, 0.15) is 23.4 Å². The second kappa shape index (κ2) is 7.86. The molecule has 0 aromatic heterocycles. The van der Waals surface area contributed by atoms with Crippen molar-refractivity contribution in [3.05, 3.63) is 71.3 Å². The van der Waals surface area contributed by atoms with Gasteiger partial charge in [-0.25, -0.2) is 8.78 Å². The number of halogens is 2. The maximum atomic E-state index is 13.1. The van der Waals surface area contributed by atoms with Gasteiger partial charge in [-0.3, -0.25) is 9.59 Å². The molecule has 0 spiro atoms. The molecule has 1 aliphatic heterocycles. The second-order valence-electron chi connectivity index (χ2n) is 6.04. The van der Waals surface area contributed by atoms with E-state index in [0.29, 0.717) is 0 Å². The average Bonchev–Trinajstić information content (AvgIpc) is 3.02. The van der Waals surface area contributed by atoms with Crippen LogP contribution in [0.5, 0.6) is 0 Å². The predicted molar refractivity (Wildman–Crippen MR) is 96.2 cm³/mol. The van der Waals surface area contributed by atoms with Crippen molar-refractivity contribution in [1.29, 1.82) is 0 Å². The van der Waals surface area contributed by atoms with E-state index in [1.54, 1.807) is 31.2 Å². The topological polar surface area (TPSA) is 49.4 Å². The van der Waals surface area contributed by atoms with Crippen LogP contribution in [0.3, 0.4) is 0 Å². The monoisotopic (exact) mass is 376 g/mol. The van der Waals surface area contributed by atoms with Gasteiger partial charge in [-0.2, -0.15) is 0 Å². The lowest BCUT2D eigenvalue weighted by atomic mass is 10.1. The summed E-state index contributed by atoms with van der Waals surface area (Å²) in [6.45, 7) is 1.92. The standard InChI is InChI=1S/C19H18F2N2O2S/c1-12(18(25)22-10-13-2-6-15(20)7-3-13)23-17(24)11-26-19(23)14-4-8-16(21)9-5-14/h2-9,12,19H,10-11H2,1H3,(H,22,25). The molecule has 3 rings (SSSR count). The number of hydrogen-bond donors (Lipinski definition) is 1. The number of thioether (sulfide) groups is 1. The van der Waals surface area contributed by atoms with Crippen LogP contribution in [0.15, 0.2) is 48.5 Å². The fourth-order valence-corrected chi connectivity index (χ4v) is 4.06. The third-order valence-corrected chi connectivity index (χ3v) is 5.47. The van der Waals surface area contributed by atoms with Gasteiger partial charge in [0, 0.05) is 6.54 Å². The van der Waals surface area contributed by atoms with Crippen molar-refractivity contribution >= 4 is 23.6 Å². The molecule has 0 aliphatic carbocycles. The Bertz CT molecular complexity index is 796. The molecule has 7 heteroatoms. The molecule has 2 atom stereocenters. The quantitative estimate of drug-likeness (QED) is 0.872. The molecule has 1 N–H and O–H groups in total. The van der Waals surface area contributed by atoms with Crippen molar-refractivity contribution in [2.45, 2.75) is 24.9 Å². The third kappa shape index (κ3) is 4.04. The molecule has 1 fully saturated rings. The molecule has 0 radical (unpaired) electrons. The zero-order valence-corrected chi connectivity index (χ0v) is 14.9. The molecule has 1 aliphatic rings. The molecule has 0 saturated carbocycles. The largest absolute Gasteiger partial charge is 0.350 e. The van der Waals surface area contributed by atoms with Crippen molar-refractivity contribution in [2.24, 2.45) is 0 Å². The summed E-state index contributed by atoms with van der Waals surface area (Å²) in [7, 11) is 0. The van der Waals surface area contributed by atoms with Crippen molar-refractivity contribution in [1.82, 2.24) is 10.2 Å². The van der Waals surface area contributed by atoms with Crippen LogP contribution >= 0.6 is 11.8 Å².